The summed E-state index contributed by atoms with van der Waals surface area (Å²) in [5.41, 5.74) is 3.85. The van der Waals surface area contributed by atoms with Crippen molar-refractivity contribution in [1.82, 2.24) is 10.2 Å². The average Bonchev–Trinajstić information content (AvgIpc) is 2.62. The Bertz CT molecular complexity index is 426. The van der Waals surface area contributed by atoms with E-state index in [9.17, 15) is 4.79 Å². The van der Waals surface area contributed by atoms with Crippen LogP contribution in [0.3, 0.4) is 0 Å². The highest BCUT2D eigenvalue weighted by molar-refractivity contribution is 5.93. The smallest absolute Gasteiger partial charge is 0.228 e. The molecule has 1 aromatic rings. The molecule has 0 saturated heterocycles. The lowest BCUT2D eigenvalue weighted by atomic mass is 9.97. The van der Waals surface area contributed by atoms with Gasteiger partial charge in [0.1, 0.15) is 0 Å². The molecule has 0 aliphatic heterocycles. The molecule has 1 aromatic heterocycles. The van der Waals surface area contributed by atoms with Gasteiger partial charge in [-0.3, -0.25) is 9.89 Å². The van der Waals surface area contributed by atoms with Crippen LogP contribution in [0.25, 0.3) is 0 Å². The Morgan fingerprint density at radius 1 is 1.47 bits per heavy atom. The van der Waals surface area contributed by atoms with Gasteiger partial charge in [-0.1, -0.05) is 11.6 Å². The zero-order valence-corrected chi connectivity index (χ0v) is 10.5. The number of H-pyrrole nitrogens is 1. The van der Waals surface area contributed by atoms with Crippen molar-refractivity contribution in [1.29, 1.82) is 0 Å². The summed E-state index contributed by atoms with van der Waals surface area (Å²) >= 11 is 0. The third kappa shape index (κ3) is 2.96. The van der Waals surface area contributed by atoms with Crippen LogP contribution in [0.4, 0.5) is 5.69 Å². The first-order chi connectivity index (χ1) is 8.16. The van der Waals surface area contributed by atoms with Crippen molar-refractivity contribution in [2.75, 3.05) is 5.32 Å². The van der Waals surface area contributed by atoms with Gasteiger partial charge in [-0.15, -0.1) is 0 Å². The van der Waals surface area contributed by atoms with Crippen LogP contribution in [-0.2, 0) is 4.79 Å². The summed E-state index contributed by atoms with van der Waals surface area (Å²) in [6.07, 6.45) is 7.37. The van der Waals surface area contributed by atoms with Gasteiger partial charge in [0.05, 0.1) is 17.1 Å². The van der Waals surface area contributed by atoms with E-state index in [-0.39, 0.29) is 5.91 Å². The van der Waals surface area contributed by atoms with Crippen LogP contribution in [0.15, 0.2) is 11.6 Å². The first-order valence-corrected chi connectivity index (χ1v) is 6.16. The molecule has 2 rings (SSSR count). The fourth-order valence-corrected chi connectivity index (χ4v) is 2.19. The highest BCUT2D eigenvalue weighted by Crippen LogP contribution is 2.22. The molecule has 1 aliphatic rings. The van der Waals surface area contributed by atoms with Crippen LogP contribution in [0.2, 0.25) is 0 Å². The minimum atomic E-state index is 0.0609. The van der Waals surface area contributed by atoms with Gasteiger partial charge in [0.2, 0.25) is 5.91 Å². The minimum Gasteiger partial charge on any atom is -0.323 e. The van der Waals surface area contributed by atoms with Gasteiger partial charge in [-0.05, 0) is 39.5 Å². The molecule has 1 heterocycles. The number of nitrogens with one attached hydrogen (secondary N) is 2. The number of allylic oxidation sites excluding steroid dienone is 1. The van der Waals surface area contributed by atoms with E-state index in [4.69, 9.17) is 0 Å². The number of aromatic nitrogens is 2. The van der Waals surface area contributed by atoms with Crippen LogP contribution < -0.4 is 5.32 Å². The molecule has 0 unspecified atom stereocenters. The number of aryl methyl sites for hydroxylation is 2. The highest BCUT2D eigenvalue weighted by atomic mass is 16.1. The molecule has 0 atom stereocenters. The molecular weight excluding hydrogens is 214 g/mol. The number of hydrogen-bond donors (Lipinski definition) is 2. The summed E-state index contributed by atoms with van der Waals surface area (Å²) < 4.78 is 0. The zero-order chi connectivity index (χ0) is 12.3. The van der Waals surface area contributed by atoms with Crippen molar-refractivity contribution < 1.29 is 4.79 Å². The van der Waals surface area contributed by atoms with E-state index < -0.39 is 0 Å². The van der Waals surface area contributed by atoms with Crippen molar-refractivity contribution in [3.8, 4) is 0 Å². The fourth-order valence-electron chi connectivity index (χ4n) is 2.19. The quantitative estimate of drug-likeness (QED) is 0.789. The summed E-state index contributed by atoms with van der Waals surface area (Å²) in [6.45, 7) is 3.80. The van der Waals surface area contributed by atoms with Crippen LogP contribution in [0.5, 0.6) is 0 Å². The van der Waals surface area contributed by atoms with Crippen molar-refractivity contribution in [2.45, 2.75) is 46.0 Å². The summed E-state index contributed by atoms with van der Waals surface area (Å²) in [6, 6.07) is 0. The normalized spacial score (nSPS) is 15.5. The van der Waals surface area contributed by atoms with Gasteiger partial charge in [0.25, 0.3) is 0 Å². The lowest BCUT2D eigenvalue weighted by molar-refractivity contribution is -0.115. The molecule has 1 aliphatic carbocycles. The second kappa shape index (κ2) is 5.17. The molecular formula is C13H19N3O. The van der Waals surface area contributed by atoms with Crippen LogP contribution in [0, 0.1) is 13.8 Å². The molecule has 0 saturated carbocycles. The molecule has 0 spiro atoms. The second-order valence-electron chi connectivity index (χ2n) is 4.64. The molecule has 17 heavy (non-hydrogen) atoms. The van der Waals surface area contributed by atoms with Gasteiger partial charge in [0, 0.05) is 6.42 Å². The maximum absolute atomic E-state index is 11.9. The number of carbonyl (C=O) groups excluding carboxylic acids is 1. The Morgan fingerprint density at radius 2 is 2.29 bits per heavy atom. The van der Waals surface area contributed by atoms with Gasteiger partial charge >= 0.3 is 0 Å². The molecule has 0 radical (unpaired) electrons. The predicted molar refractivity (Wildman–Crippen MR) is 67.9 cm³/mol. The maximum atomic E-state index is 11.9. The van der Waals surface area contributed by atoms with E-state index in [1.54, 1.807) is 0 Å². The van der Waals surface area contributed by atoms with Gasteiger partial charge in [0.15, 0.2) is 0 Å². The number of rotatable bonds is 3. The summed E-state index contributed by atoms with van der Waals surface area (Å²) in [5, 5.41) is 9.86. The monoisotopic (exact) mass is 233 g/mol. The molecule has 2 N–H and O–H groups in total. The number of anilines is 1. The molecule has 4 nitrogen and oxygen atoms in total. The molecule has 0 bridgehead atoms. The SMILES string of the molecule is Cc1n[nH]c(C)c1NC(=O)CC1=CCCCC1. The Labute approximate surface area is 101 Å². The maximum Gasteiger partial charge on any atom is 0.228 e. The van der Waals surface area contributed by atoms with Crippen molar-refractivity contribution in [2.24, 2.45) is 0 Å². The number of carbonyl (C=O) groups is 1. The van der Waals surface area contributed by atoms with E-state index in [2.05, 4.69) is 21.6 Å². The zero-order valence-electron chi connectivity index (χ0n) is 10.5. The minimum absolute atomic E-state index is 0.0609. The molecule has 0 fully saturated rings. The molecule has 0 aromatic carbocycles. The highest BCUT2D eigenvalue weighted by Gasteiger charge is 2.12. The molecule has 1 amide bonds. The van der Waals surface area contributed by atoms with Crippen LogP contribution >= 0.6 is 0 Å². The van der Waals surface area contributed by atoms with E-state index in [0.29, 0.717) is 6.42 Å². The Morgan fingerprint density at radius 3 is 2.88 bits per heavy atom. The molecule has 92 valence electrons. The van der Waals surface area contributed by atoms with Crippen LogP contribution in [-0.4, -0.2) is 16.1 Å². The Kier molecular flexibility index (Phi) is 3.61. The number of amides is 1. The third-order valence-corrected chi connectivity index (χ3v) is 3.17. The first kappa shape index (κ1) is 11.9. The Balaban J connectivity index is 1.95. The molecule has 4 heteroatoms. The lowest BCUT2D eigenvalue weighted by Crippen LogP contribution is -2.14. The second-order valence-corrected chi connectivity index (χ2v) is 4.64. The number of hydrogen-bond acceptors (Lipinski definition) is 2. The van der Waals surface area contributed by atoms with E-state index in [0.717, 1.165) is 29.9 Å². The van der Waals surface area contributed by atoms with Gasteiger partial charge in [-0.2, -0.15) is 5.10 Å². The van der Waals surface area contributed by atoms with Crippen LogP contribution in [0.1, 0.15) is 43.5 Å². The summed E-state index contributed by atoms with van der Waals surface area (Å²) in [7, 11) is 0. The van der Waals surface area contributed by atoms with E-state index in [1.807, 2.05) is 13.8 Å². The fraction of sp³-hybridized carbons (Fsp3) is 0.538. The van der Waals surface area contributed by atoms with Crippen molar-refractivity contribution in [3.05, 3.63) is 23.0 Å². The largest absolute Gasteiger partial charge is 0.323 e. The Hall–Kier alpha value is -1.58. The van der Waals surface area contributed by atoms with E-state index in [1.165, 1.54) is 18.4 Å². The average molecular weight is 233 g/mol. The summed E-state index contributed by atoms with van der Waals surface area (Å²) in [4.78, 5) is 11.9. The lowest BCUT2D eigenvalue weighted by Gasteiger charge is -2.12. The number of nitrogens with zero attached hydrogens (tertiary/aromatic N) is 1. The van der Waals surface area contributed by atoms with Gasteiger partial charge in [-0.25, -0.2) is 0 Å². The van der Waals surface area contributed by atoms with E-state index >= 15 is 0 Å². The first-order valence-electron chi connectivity index (χ1n) is 6.16. The van der Waals surface area contributed by atoms with Crippen molar-refractivity contribution >= 4 is 11.6 Å². The third-order valence-electron chi connectivity index (χ3n) is 3.17. The standard InChI is InChI=1S/C13H19N3O/c1-9-13(10(2)16-15-9)14-12(17)8-11-6-4-3-5-7-11/h6H,3-5,7-8H2,1-2H3,(H,14,17)(H,15,16). The number of aromatic amines is 1. The van der Waals surface area contributed by atoms with Crippen molar-refractivity contribution in [3.63, 3.8) is 0 Å². The topological polar surface area (TPSA) is 57.8 Å². The van der Waals surface area contributed by atoms with Gasteiger partial charge < -0.3 is 5.32 Å². The predicted octanol–water partition coefficient (Wildman–Crippen LogP) is 2.86. The summed E-state index contributed by atoms with van der Waals surface area (Å²) in [5.74, 6) is 0.0609.